The van der Waals surface area contributed by atoms with Crippen molar-refractivity contribution in [2.24, 2.45) is 62.6 Å². The van der Waals surface area contributed by atoms with E-state index in [0.717, 1.165) is 32.1 Å². The molecule has 5 aliphatic carbocycles. The van der Waals surface area contributed by atoms with Crippen LogP contribution in [0.2, 0.25) is 0 Å². The number of hydrogen-bond donors (Lipinski definition) is 2. The van der Waals surface area contributed by atoms with E-state index in [9.17, 15) is 15.0 Å². The van der Waals surface area contributed by atoms with Crippen molar-refractivity contribution >= 4 is 6.29 Å². The first-order valence-electron chi connectivity index (χ1n) is 14.2. The monoisotopic (exact) mass is 458 g/mol. The van der Waals surface area contributed by atoms with E-state index in [1.54, 1.807) is 0 Å². The van der Waals surface area contributed by atoms with Crippen molar-refractivity contribution in [3.05, 3.63) is 0 Å². The van der Waals surface area contributed by atoms with E-state index in [1.807, 2.05) is 0 Å². The van der Waals surface area contributed by atoms with Crippen LogP contribution < -0.4 is 0 Å². The first kappa shape index (κ1) is 24.3. The lowest BCUT2D eigenvalue weighted by molar-refractivity contribution is -0.250. The average molecular weight is 459 g/mol. The molecule has 1 unspecified atom stereocenters. The molecular formula is C30H50O3. The zero-order valence-electron chi connectivity index (χ0n) is 22.2. The fraction of sp³-hybridized carbons (Fsp3) is 0.967. The van der Waals surface area contributed by atoms with Crippen molar-refractivity contribution in [3.8, 4) is 0 Å². The largest absolute Gasteiger partial charge is 0.396 e. The van der Waals surface area contributed by atoms with Crippen molar-refractivity contribution in [3.63, 3.8) is 0 Å². The molecule has 5 aliphatic rings. The maximum absolute atomic E-state index is 11.9. The van der Waals surface area contributed by atoms with E-state index < -0.39 is 0 Å². The van der Waals surface area contributed by atoms with Crippen LogP contribution in [0.4, 0.5) is 0 Å². The topological polar surface area (TPSA) is 57.5 Å². The van der Waals surface area contributed by atoms with Gasteiger partial charge in [0, 0.05) is 12.5 Å². The molecule has 0 aromatic carbocycles. The molecule has 5 saturated carbocycles. The Morgan fingerprint density at radius 3 is 2.24 bits per heavy atom. The highest BCUT2D eigenvalue weighted by Crippen LogP contribution is 2.77. The Morgan fingerprint density at radius 2 is 1.58 bits per heavy atom. The van der Waals surface area contributed by atoms with Gasteiger partial charge in [-0.05, 0) is 121 Å². The van der Waals surface area contributed by atoms with Gasteiger partial charge >= 0.3 is 0 Å². The van der Waals surface area contributed by atoms with Crippen LogP contribution in [0.1, 0.15) is 106 Å². The van der Waals surface area contributed by atoms with Gasteiger partial charge in [0.1, 0.15) is 6.29 Å². The summed E-state index contributed by atoms with van der Waals surface area (Å²) >= 11 is 0. The van der Waals surface area contributed by atoms with Gasteiger partial charge in [0.15, 0.2) is 0 Å². The van der Waals surface area contributed by atoms with E-state index in [-0.39, 0.29) is 28.3 Å². The summed E-state index contributed by atoms with van der Waals surface area (Å²) < 4.78 is 0. The molecule has 0 aromatic heterocycles. The zero-order valence-corrected chi connectivity index (χ0v) is 22.2. The summed E-state index contributed by atoms with van der Waals surface area (Å²) in [7, 11) is 0. The summed E-state index contributed by atoms with van der Waals surface area (Å²) in [4.78, 5) is 11.9. The Bertz CT molecular complexity index is 791. The van der Waals surface area contributed by atoms with Crippen LogP contribution in [0.3, 0.4) is 0 Å². The van der Waals surface area contributed by atoms with Gasteiger partial charge in [0.2, 0.25) is 0 Å². The lowest BCUT2D eigenvalue weighted by atomic mass is 9.32. The molecule has 0 aliphatic heterocycles. The molecule has 0 radical (unpaired) electrons. The highest BCUT2D eigenvalue weighted by Gasteiger charge is 2.70. The van der Waals surface area contributed by atoms with Crippen LogP contribution in [-0.2, 0) is 4.79 Å². The minimum Gasteiger partial charge on any atom is -0.396 e. The van der Waals surface area contributed by atoms with Gasteiger partial charge in [0.25, 0.3) is 0 Å². The Balaban J connectivity index is 1.54. The molecule has 188 valence electrons. The van der Waals surface area contributed by atoms with Crippen LogP contribution in [0, 0.1) is 62.6 Å². The van der Waals surface area contributed by atoms with Crippen molar-refractivity contribution < 1.29 is 15.0 Å². The second-order valence-corrected chi connectivity index (χ2v) is 14.8. The van der Waals surface area contributed by atoms with Crippen molar-refractivity contribution in [2.45, 2.75) is 112 Å². The number of aldehydes is 1. The summed E-state index contributed by atoms with van der Waals surface area (Å²) in [6.45, 7) is 14.9. The lowest BCUT2D eigenvalue weighted by Crippen LogP contribution is -2.66. The number of rotatable bonds is 3. The molecule has 3 heteroatoms. The van der Waals surface area contributed by atoms with Crippen LogP contribution in [0.5, 0.6) is 0 Å². The molecule has 0 spiro atoms. The van der Waals surface area contributed by atoms with Gasteiger partial charge in [-0.1, -0.05) is 41.5 Å². The van der Waals surface area contributed by atoms with E-state index in [2.05, 4.69) is 41.5 Å². The third-order valence-corrected chi connectivity index (χ3v) is 13.8. The van der Waals surface area contributed by atoms with Gasteiger partial charge in [-0.3, -0.25) is 0 Å². The highest BCUT2D eigenvalue weighted by molar-refractivity contribution is 5.53. The van der Waals surface area contributed by atoms with Crippen LogP contribution >= 0.6 is 0 Å². The van der Waals surface area contributed by atoms with Crippen molar-refractivity contribution in [1.29, 1.82) is 0 Å². The minimum absolute atomic E-state index is 0.000626. The lowest BCUT2D eigenvalue weighted by Gasteiger charge is -2.73. The van der Waals surface area contributed by atoms with Gasteiger partial charge < -0.3 is 15.0 Å². The number of carbonyl (C=O) groups excluding carboxylic acids is 1. The first-order valence-corrected chi connectivity index (χ1v) is 14.2. The molecule has 5 rings (SSSR count). The smallest absolute Gasteiger partial charge is 0.123 e. The number of fused-ring (bicyclic) bond motifs is 7. The fourth-order valence-corrected chi connectivity index (χ4v) is 11.7. The van der Waals surface area contributed by atoms with Crippen LogP contribution in [0.25, 0.3) is 0 Å². The number of hydrogen-bond acceptors (Lipinski definition) is 3. The van der Waals surface area contributed by atoms with E-state index >= 15 is 0 Å². The molecule has 5 fully saturated rings. The summed E-state index contributed by atoms with van der Waals surface area (Å²) in [5.74, 6) is 2.97. The Morgan fingerprint density at radius 1 is 0.848 bits per heavy atom. The molecule has 11 atom stereocenters. The quantitative estimate of drug-likeness (QED) is 0.491. The van der Waals surface area contributed by atoms with E-state index in [0.29, 0.717) is 47.0 Å². The van der Waals surface area contributed by atoms with Gasteiger partial charge in [-0.15, -0.1) is 0 Å². The third kappa shape index (κ3) is 2.90. The predicted molar refractivity (Wildman–Crippen MR) is 132 cm³/mol. The van der Waals surface area contributed by atoms with Crippen molar-refractivity contribution in [1.82, 2.24) is 0 Å². The molecule has 33 heavy (non-hydrogen) atoms. The Labute approximate surface area is 202 Å². The molecule has 2 N–H and O–H groups in total. The zero-order chi connectivity index (χ0) is 24.0. The van der Waals surface area contributed by atoms with Crippen LogP contribution in [0.15, 0.2) is 0 Å². The fourth-order valence-electron chi connectivity index (χ4n) is 11.7. The number of carbonyl (C=O) groups is 1. The summed E-state index contributed by atoms with van der Waals surface area (Å²) in [5.41, 5.74) is 0.936. The first-order chi connectivity index (χ1) is 15.4. The van der Waals surface area contributed by atoms with Gasteiger partial charge in [0.05, 0.1) is 6.10 Å². The second kappa shape index (κ2) is 7.55. The molecule has 0 aromatic rings. The van der Waals surface area contributed by atoms with E-state index in [1.165, 1.54) is 38.4 Å². The molecule has 3 nitrogen and oxygen atoms in total. The molecule has 0 heterocycles. The highest BCUT2D eigenvalue weighted by atomic mass is 16.3. The summed E-state index contributed by atoms with van der Waals surface area (Å²) in [6, 6.07) is 0. The van der Waals surface area contributed by atoms with Gasteiger partial charge in [-0.25, -0.2) is 0 Å². The van der Waals surface area contributed by atoms with Crippen molar-refractivity contribution in [2.75, 3.05) is 6.61 Å². The Hall–Kier alpha value is -0.410. The maximum Gasteiger partial charge on any atom is 0.123 e. The minimum atomic E-state index is -0.171. The molecule has 0 saturated heterocycles. The maximum atomic E-state index is 11.9. The molecule has 0 bridgehead atoms. The van der Waals surface area contributed by atoms with Crippen LogP contribution in [-0.4, -0.2) is 29.2 Å². The SMILES string of the molecule is CC(C=O)[C@@H]1CC[C@]2(CO)CC[C@]3(C)[C@H](CC[C@@H]4[C@@]5(C)CC[C@H](O)C(C)(C)[C@@H]5CC[C@]43C)[C@@H]12. The third-order valence-electron chi connectivity index (χ3n) is 13.8. The molecule has 0 amide bonds. The summed E-state index contributed by atoms with van der Waals surface area (Å²) in [6.07, 6.45) is 12.8. The standard InChI is InChI=1S/C30H50O3/c1-19(17-31)20-9-14-30(18-32)16-15-28(5)21(25(20)30)7-8-23-27(4)12-11-24(33)26(2,3)22(27)10-13-29(23,28)6/h17,19-25,32-33H,7-16,18H2,1-6H3/t19?,20-,21+,22-,23+,24-,25+,27-,28+,29+,30+/m0/s1. The number of aliphatic hydroxyl groups is 2. The predicted octanol–water partition coefficient (Wildman–Crippen LogP) is 6.26. The Kier molecular flexibility index (Phi) is 5.55. The summed E-state index contributed by atoms with van der Waals surface area (Å²) in [5, 5.41) is 21.6. The number of aliphatic hydroxyl groups excluding tert-OH is 2. The average Bonchev–Trinajstić information content (AvgIpc) is 3.17. The second-order valence-electron chi connectivity index (χ2n) is 14.8. The normalized spacial score (nSPS) is 56.1. The molecular weight excluding hydrogens is 408 g/mol. The van der Waals surface area contributed by atoms with E-state index in [4.69, 9.17) is 0 Å². The van der Waals surface area contributed by atoms with Gasteiger partial charge in [-0.2, -0.15) is 0 Å².